The number of halogens is 2. The van der Waals surface area contributed by atoms with Gasteiger partial charge in [0.15, 0.2) is 0 Å². The van der Waals surface area contributed by atoms with Crippen LogP contribution < -0.4 is 5.73 Å². The van der Waals surface area contributed by atoms with E-state index in [2.05, 4.69) is 20.9 Å². The molecule has 3 rings (SSSR count). The molecule has 2 nitrogen and oxygen atoms in total. The van der Waals surface area contributed by atoms with Crippen LogP contribution in [0.15, 0.2) is 59.1 Å². The lowest BCUT2D eigenvalue weighted by Gasteiger charge is -2.14. The van der Waals surface area contributed by atoms with E-state index in [0.29, 0.717) is 12.0 Å². The standard InChI is InChI=1S/C17H14BrFN2/c18-13-9-12-6-2-4-8-16(12)21-17(13)15(20)10-11-5-1-3-7-14(11)19/h1-9,15H,10,20H2. The van der Waals surface area contributed by atoms with Gasteiger partial charge in [-0.2, -0.15) is 0 Å². The predicted octanol–water partition coefficient (Wildman–Crippen LogP) is 4.38. The lowest BCUT2D eigenvalue weighted by molar-refractivity contribution is 0.590. The Bertz CT molecular complexity index is 789. The average molecular weight is 345 g/mol. The van der Waals surface area contributed by atoms with Crippen LogP contribution in [-0.4, -0.2) is 4.98 Å². The minimum absolute atomic E-state index is 0.232. The number of aromatic nitrogens is 1. The molecule has 0 amide bonds. The summed E-state index contributed by atoms with van der Waals surface area (Å²) in [6.45, 7) is 0. The number of benzene rings is 2. The molecule has 1 atom stereocenters. The van der Waals surface area contributed by atoms with Crippen LogP contribution in [0.4, 0.5) is 4.39 Å². The van der Waals surface area contributed by atoms with Gasteiger partial charge in [-0.3, -0.25) is 0 Å². The molecule has 4 heteroatoms. The van der Waals surface area contributed by atoms with E-state index in [1.54, 1.807) is 12.1 Å². The van der Waals surface area contributed by atoms with Crippen molar-refractivity contribution in [2.75, 3.05) is 0 Å². The van der Waals surface area contributed by atoms with Gasteiger partial charge in [0, 0.05) is 9.86 Å². The summed E-state index contributed by atoms with van der Waals surface area (Å²) in [4.78, 5) is 4.61. The maximum Gasteiger partial charge on any atom is 0.126 e. The predicted molar refractivity (Wildman–Crippen MR) is 86.5 cm³/mol. The summed E-state index contributed by atoms with van der Waals surface area (Å²) in [5.74, 6) is -0.232. The normalized spacial score (nSPS) is 12.5. The number of rotatable bonds is 3. The van der Waals surface area contributed by atoms with Crippen LogP contribution >= 0.6 is 15.9 Å². The minimum Gasteiger partial charge on any atom is -0.322 e. The molecule has 1 heterocycles. The van der Waals surface area contributed by atoms with Crippen molar-refractivity contribution < 1.29 is 4.39 Å². The van der Waals surface area contributed by atoms with Crippen molar-refractivity contribution in [1.82, 2.24) is 4.98 Å². The lowest BCUT2D eigenvalue weighted by Crippen LogP contribution is -2.16. The van der Waals surface area contributed by atoms with E-state index < -0.39 is 0 Å². The number of pyridine rings is 1. The van der Waals surface area contributed by atoms with Gasteiger partial charge in [-0.25, -0.2) is 9.37 Å². The molecular formula is C17H14BrFN2. The van der Waals surface area contributed by atoms with Gasteiger partial charge in [-0.05, 0) is 46.1 Å². The molecule has 1 aromatic heterocycles. The second-order valence-corrected chi connectivity index (χ2v) is 5.80. The van der Waals surface area contributed by atoms with Gasteiger partial charge in [0.2, 0.25) is 0 Å². The molecular weight excluding hydrogens is 331 g/mol. The van der Waals surface area contributed by atoms with Crippen LogP contribution in [0.25, 0.3) is 10.9 Å². The first-order valence-corrected chi connectivity index (χ1v) is 7.48. The van der Waals surface area contributed by atoms with Crippen molar-refractivity contribution in [3.63, 3.8) is 0 Å². The highest BCUT2D eigenvalue weighted by molar-refractivity contribution is 9.10. The number of nitrogens with two attached hydrogens (primary N) is 1. The van der Waals surface area contributed by atoms with E-state index in [9.17, 15) is 4.39 Å². The molecule has 0 aliphatic carbocycles. The average Bonchev–Trinajstić information content (AvgIpc) is 2.49. The molecule has 0 aliphatic heterocycles. The van der Waals surface area contributed by atoms with Gasteiger partial charge >= 0.3 is 0 Å². The third-order valence-electron chi connectivity index (χ3n) is 3.45. The molecule has 0 saturated carbocycles. The Kier molecular flexibility index (Phi) is 3.99. The minimum atomic E-state index is -0.360. The molecule has 0 fully saturated rings. The second-order valence-electron chi connectivity index (χ2n) is 4.95. The number of hydrogen-bond donors (Lipinski definition) is 1. The maximum atomic E-state index is 13.7. The maximum absolute atomic E-state index is 13.7. The highest BCUT2D eigenvalue weighted by atomic mass is 79.9. The number of nitrogens with zero attached hydrogens (tertiary/aromatic N) is 1. The quantitative estimate of drug-likeness (QED) is 0.765. The van der Waals surface area contributed by atoms with Gasteiger partial charge in [-0.1, -0.05) is 36.4 Å². The third kappa shape index (κ3) is 2.96. The number of para-hydroxylation sites is 1. The highest BCUT2D eigenvalue weighted by Gasteiger charge is 2.15. The van der Waals surface area contributed by atoms with Crippen LogP contribution in [-0.2, 0) is 6.42 Å². The zero-order valence-electron chi connectivity index (χ0n) is 11.3. The largest absolute Gasteiger partial charge is 0.322 e. The van der Waals surface area contributed by atoms with Crippen molar-refractivity contribution in [3.8, 4) is 0 Å². The second kappa shape index (κ2) is 5.92. The van der Waals surface area contributed by atoms with Crippen molar-refractivity contribution in [2.24, 2.45) is 5.73 Å². The lowest BCUT2D eigenvalue weighted by atomic mass is 10.0. The van der Waals surface area contributed by atoms with Crippen LogP contribution in [0.2, 0.25) is 0 Å². The summed E-state index contributed by atoms with van der Waals surface area (Å²) < 4.78 is 14.6. The van der Waals surface area contributed by atoms with Crippen LogP contribution in [0.1, 0.15) is 17.3 Å². The summed E-state index contributed by atoms with van der Waals surface area (Å²) in [5.41, 5.74) is 8.47. The van der Waals surface area contributed by atoms with E-state index >= 15 is 0 Å². The Morgan fingerprint density at radius 3 is 2.62 bits per heavy atom. The molecule has 21 heavy (non-hydrogen) atoms. The number of fused-ring (bicyclic) bond motifs is 1. The van der Waals surface area contributed by atoms with Crippen molar-refractivity contribution in [1.29, 1.82) is 0 Å². The zero-order valence-corrected chi connectivity index (χ0v) is 12.8. The molecule has 106 valence electrons. The fraction of sp³-hybridized carbons (Fsp3) is 0.118. The fourth-order valence-electron chi connectivity index (χ4n) is 2.36. The summed E-state index contributed by atoms with van der Waals surface area (Å²) >= 11 is 3.51. The number of hydrogen-bond acceptors (Lipinski definition) is 2. The Hall–Kier alpha value is -1.78. The van der Waals surface area contributed by atoms with Crippen LogP contribution in [0.5, 0.6) is 0 Å². The van der Waals surface area contributed by atoms with E-state index in [0.717, 1.165) is 21.1 Å². The smallest absolute Gasteiger partial charge is 0.126 e. The SMILES string of the molecule is NC(Cc1ccccc1F)c1nc2ccccc2cc1Br. The van der Waals surface area contributed by atoms with Gasteiger partial charge in [0.1, 0.15) is 5.82 Å². The molecule has 0 bridgehead atoms. The highest BCUT2D eigenvalue weighted by Crippen LogP contribution is 2.27. The van der Waals surface area contributed by atoms with Crippen LogP contribution in [0, 0.1) is 5.82 Å². The van der Waals surface area contributed by atoms with Gasteiger partial charge in [0.25, 0.3) is 0 Å². The molecule has 2 N–H and O–H groups in total. The summed E-state index contributed by atoms with van der Waals surface area (Å²) in [7, 11) is 0. The van der Waals surface area contributed by atoms with Crippen molar-refractivity contribution in [3.05, 3.63) is 76.1 Å². The Morgan fingerprint density at radius 1 is 1.10 bits per heavy atom. The molecule has 2 aromatic carbocycles. The van der Waals surface area contributed by atoms with Crippen molar-refractivity contribution >= 4 is 26.8 Å². The summed E-state index contributed by atoms with van der Waals surface area (Å²) in [6.07, 6.45) is 0.413. The van der Waals surface area contributed by atoms with Gasteiger partial charge in [0.05, 0.1) is 17.3 Å². The van der Waals surface area contributed by atoms with Crippen LogP contribution in [0.3, 0.4) is 0 Å². The fourth-order valence-corrected chi connectivity index (χ4v) is 2.99. The van der Waals surface area contributed by atoms with E-state index in [1.165, 1.54) is 6.07 Å². The summed E-state index contributed by atoms with van der Waals surface area (Å²) in [6, 6.07) is 16.2. The molecule has 3 aromatic rings. The van der Waals surface area contributed by atoms with E-state index in [1.807, 2.05) is 36.4 Å². The summed E-state index contributed by atoms with van der Waals surface area (Å²) in [5, 5.41) is 1.05. The molecule has 0 radical (unpaired) electrons. The van der Waals surface area contributed by atoms with Crippen molar-refractivity contribution in [2.45, 2.75) is 12.5 Å². The Balaban J connectivity index is 1.96. The van der Waals surface area contributed by atoms with Gasteiger partial charge in [-0.15, -0.1) is 0 Å². The first kappa shape index (κ1) is 14.2. The molecule has 0 spiro atoms. The Labute approximate surface area is 130 Å². The Morgan fingerprint density at radius 2 is 1.81 bits per heavy atom. The third-order valence-corrected chi connectivity index (χ3v) is 4.09. The monoisotopic (exact) mass is 344 g/mol. The topological polar surface area (TPSA) is 38.9 Å². The molecule has 0 saturated heterocycles. The molecule has 1 unspecified atom stereocenters. The zero-order chi connectivity index (χ0) is 14.8. The van der Waals surface area contributed by atoms with Gasteiger partial charge < -0.3 is 5.73 Å². The molecule has 0 aliphatic rings. The first-order chi connectivity index (χ1) is 10.1. The van der Waals surface area contributed by atoms with E-state index in [4.69, 9.17) is 5.73 Å². The van der Waals surface area contributed by atoms with E-state index in [-0.39, 0.29) is 11.9 Å². The first-order valence-electron chi connectivity index (χ1n) is 6.69.